The van der Waals surface area contributed by atoms with Gasteiger partial charge in [-0.2, -0.15) is 0 Å². The largest absolute Gasteiger partial charge is 0.447 e. The third kappa shape index (κ3) is 2.74. The first-order chi connectivity index (χ1) is 13.7. The highest BCUT2D eigenvalue weighted by atomic mass is 32.1. The Morgan fingerprint density at radius 2 is 2.00 bits per heavy atom. The van der Waals surface area contributed by atoms with E-state index in [4.69, 9.17) is 4.74 Å². The van der Waals surface area contributed by atoms with Gasteiger partial charge in [0.05, 0.1) is 21.3 Å². The summed E-state index contributed by atoms with van der Waals surface area (Å²) in [5.41, 5.74) is 3.89. The fourth-order valence-corrected chi connectivity index (χ4v) is 5.03. The molecule has 28 heavy (non-hydrogen) atoms. The molecular weight excluding hydrogens is 374 g/mol. The molecular formula is C21H19N3O3S. The van der Waals surface area contributed by atoms with Crippen LogP contribution in [0.5, 0.6) is 0 Å². The number of thiazole rings is 1. The Labute approximate surface area is 166 Å². The maximum atomic E-state index is 13.3. The van der Waals surface area contributed by atoms with Gasteiger partial charge in [0.15, 0.2) is 0 Å². The van der Waals surface area contributed by atoms with Crippen LogP contribution in [0.25, 0.3) is 10.2 Å². The van der Waals surface area contributed by atoms with Crippen LogP contribution in [0.4, 0.5) is 4.79 Å². The molecule has 0 N–H and O–H groups in total. The van der Waals surface area contributed by atoms with Crippen molar-refractivity contribution in [2.45, 2.75) is 12.0 Å². The van der Waals surface area contributed by atoms with Crippen LogP contribution >= 0.6 is 11.3 Å². The molecule has 2 aromatic carbocycles. The molecule has 0 bridgehead atoms. The fraction of sp³-hybridized carbons (Fsp3) is 0.286. The Morgan fingerprint density at radius 3 is 2.86 bits per heavy atom. The van der Waals surface area contributed by atoms with Gasteiger partial charge in [0.25, 0.3) is 5.91 Å². The molecule has 1 aromatic heterocycles. The second-order valence-corrected chi connectivity index (χ2v) is 8.18. The highest BCUT2D eigenvalue weighted by Crippen LogP contribution is 2.33. The van der Waals surface area contributed by atoms with E-state index in [1.165, 1.54) is 11.3 Å². The molecule has 6 nitrogen and oxygen atoms in total. The van der Waals surface area contributed by atoms with Crippen LogP contribution in [0.2, 0.25) is 0 Å². The molecule has 1 unspecified atom stereocenters. The summed E-state index contributed by atoms with van der Waals surface area (Å²) in [6.07, 6.45) is 0.376. The number of hydrogen-bond donors (Lipinski definition) is 0. The molecule has 0 aliphatic carbocycles. The Bertz CT molecular complexity index is 1050. The predicted octanol–water partition coefficient (Wildman–Crippen LogP) is 3.19. The summed E-state index contributed by atoms with van der Waals surface area (Å²) in [5, 5.41) is 0. The van der Waals surface area contributed by atoms with E-state index < -0.39 is 5.54 Å². The third-order valence-corrected chi connectivity index (χ3v) is 6.46. The van der Waals surface area contributed by atoms with Crippen LogP contribution < -0.4 is 0 Å². The summed E-state index contributed by atoms with van der Waals surface area (Å²) < 4.78 is 6.32. The zero-order chi connectivity index (χ0) is 19.1. The number of ether oxygens (including phenoxy) is 1. The van der Waals surface area contributed by atoms with Gasteiger partial charge in [-0.05, 0) is 17.7 Å². The van der Waals surface area contributed by atoms with Gasteiger partial charge in [0.2, 0.25) is 0 Å². The van der Waals surface area contributed by atoms with Gasteiger partial charge in [0, 0.05) is 26.1 Å². The minimum atomic E-state index is -0.520. The van der Waals surface area contributed by atoms with Gasteiger partial charge in [-0.3, -0.25) is 9.69 Å². The van der Waals surface area contributed by atoms with Crippen molar-refractivity contribution < 1.29 is 14.3 Å². The van der Waals surface area contributed by atoms with Crippen molar-refractivity contribution in [2.75, 3.05) is 26.2 Å². The number of piperazine rings is 1. The molecule has 3 aromatic rings. The van der Waals surface area contributed by atoms with Crippen molar-refractivity contribution in [2.24, 2.45) is 0 Å². The van der Waals surface area contributed by atoms with Crippen molar-refractivity contribution in [3.63, 3.8) is 0 Å². The van der Waals surface area contributed by atoms with Gasteiger partial charge in [-0.25, -0.2) is 9.78 Å². The Kier molecular flexibility index (Phi) is 4.05. The SMILES string of the molecule is O=C(c1cccc2ncsc12)N1CCN2C(=O)OCC2(Cc2ccccc2)C1. The van der Waals surface area contributed by atoms with E-state index in [1.807, 2.05) is 41.3 Å². The number of carbonyl (C=O) groups is 2. The average Bonchev–Trinajstić information content (AvgIpc) is 3.32. The van der Waals surface area contributed by atoms with Gasteiger partial charge < -0.3 is 9.64 Å². The average molecular weight is 393 g/mol. The predicted molar refractivity (Wildman–Crippen MR) is 106 cm³/mol. The standard InChI is InChI=1S/C21H19N3O3S/c25-19(16-7-4-8-17-18(16)28-14-22-17)23-9-10-24-20(26)27-13-21(24,12-23)11-15-5-2-1-3-6-15/h1-8,14H,9-13H2. The molecule has 2 amide bonds. The quantitative estimate of drug-likeness (QED) is 0.686. The molecule has 7 heteroatoms. The second kappa shape index (κ2) is 6.60. The molecule has 2 aliphatic rings. The second-order valence-electron chi connectivity index (χ2n) is 7.33. The Hall–Kier alpha value is -2.93. The lowest BCUT2D eigenvalue weighted by atomic mass is 9.88. The van der Waals surface area contributed by atoms with E-state index in [9.17, 15) is 9.59 Å². The minimum absolute atomic E-state index is 0.0127. The minimum Gasteiger partial charge on any atom is -0.447 e. The lowest BCUT2D eigenvalue weighted by Gasteiger charge is -2.44. The Morgan fingerprint density at radius 1 is 1.14 bits per heavy atom. The molecule has 0 saturated carbocycles. The number of nitrogens with zero attached hydrogens (tertiary/aromatic N) is 3. The highest BCUT2D eigenvalue weighted by molar-refractivity contribution is 7.17. The lowest BCUT2D eigenvalue weighted by molar-refractivity contribution is 0.0377. The van der Waals surface area contributed by atoms with E-state index >= 15 is 0 Å². The van der Waals surface area contributed by atoms with E-state index in [0.29, 0.717) is 38.2 Å². The molecule has 1 atom stereocenters. The maximum absolute atomic E-state index is 13.3. The van der Waals surface area contributed by atoms with Crippen LogP contribution in [0, 0.1) is 0 Å². The summed E-state index contributed by atoms with van der Waals surface area (Å²) in [5.74, 6) is -0.0127. The molecule has 2 aliphatic heterocycles. The number of hydrogen-bond acceptors (Lipinski definition) is 5. The number of amides is 2. The zero-order valence-electron chi connectivity index (χ0n) is 15.2. The monoisotopic (exact) mass is 393 g/mol. The first kappa shape index (κ1) is 17.2. The van der Waals surface area contributed by atoms with Crippen molar-refractivity contribution in [3.8, 4) is 0 Å². The molecule has 2 saturated heterocycles. The Balaban J connectivity index is 1.47. The van der Waals surface area contributed by atoms with Gasteiger partial charge in [0.1, 0.15) is 12.1 Å². The summed E-state index contributed by atoms with van der Waals surface area (Å²) in [7, 11) is 0. The van der Waals surface area contributed by atoms with Gasteiger partial charge in [-0.1, -0.05) is 36.4 Å². The molecule has 5 rings (SSSR count). The van der Waals surface area contributed by atoms with Crippen molar-refractivity contribution in [3.05, 3.63) is 65.2 Å². The number of aromatic nitrogens is 1. The van der Waals surface area contributed by atoms with E-state index in [1.54, 1.807) is 10.4 Å². The summed E-state index contributed by atoms with van der Waals surface area (Å²) in [6.45, 7) is 1.74. The summed E-state index contributed by atoms with van der Waals surface area (Å²) in [6, 6.07) is 15.7. The van der Waals surface area contributed by atoms with Crippen LogP contribution in [0.15, 0.2) is 54.0 Å². The zero-order valence-corrected chi connectivity index (χ0v) is 16.0. The first-order valence-corrected chi connectivity index (χ1v) is 10.1. The fourth-order valence-electron chi connectivity index (χ4n) is 4.24. The number of rotatable bonds is 3. The smallest absolute Gasteiger partial charge is 0.410 e. The molecule has 3 heterocycles. The van der Waals surface area contributed by atoms with Crippen LogP contribution in [-0.4, -0.2) is 58.6 Å². The topological polar surface area (TPSA) is 62.7 Å². The number of cyclic esters (lactones) is 1. The van der Waals surface area contributed by atoms with E-state index in [2.05, 4.69) is 17.1 Å². The number of fused-ring (bicyclic) bond motifs is 2. The van der Waals surface area contributed by atoms with Crippen LogP contribution in [0.1, 0.15) is 15.9 Å². The molecule has 0 spiro atoms. The molecule has 2 fully saturated rings. The normalized spacial score (nSPS) is 21.6. The number of carbonyl (C=O) groups excluding carboxylic acids is 2. The lowest BCUT2D eigenvalue weighted by Crippen LogP contribution is -2.63. The highest BCUT2D eigenvalue weighted by Gasteiger charge is 2.51. The van der Waals surface area contributed by atoms with Crippen LogP contribution in [0.3, 0.4) is 0 Å². The molecule has 142 valence electrons. The van der Waals surface area contributed by atoms with Gasteiger partial charge in [-0.15, -0.1) is 11.3 Å². The van der Waals surface area contributed by atoms with Crippen LogP contribution in [-0.2, 0) is 11.2 Å². The van der Waals surface area contributed by atoms with Crippen molar-refractivity contribution >= 4 is 33.6 Å². The van der Waals surface area contributed by atoms with Crippen molar-refractivity contribution in [1.29, 1.82) is 0 Å². The maximum Gasteiger partial charge on any atom is 0.410 e. The van der Waals surface area contributed by atoms with E-state index in [-0.39, 0.29) is 12.0 Å². The first-order valence-electron chi connectivity index (χ1n) is 9.26. The summed E-state index contributed by atoms with van der Waals surface area (Å²) >= 11 is 1.48. The van der Waals surface area contributed by atoms with E-state index in [0.717, 1.165) is 15.8 Å². The van der Waals surface area contributed by atoms with Crippen molar-refractivity contribution in [1.82, 2.24) is 14.8 Å². The summed E-state index contributed by atoms with van der Waals surface area (Å²) in [4.78, 5) is 33.6. The number of benzene rings is 2. The van der Waals surface area contributed by atoms with Gasteiger partial charge >= 0.3 is 6.09 Å². The molecule has 0 radical (unpaired) electrons. The third-order valence-electron chi connectivity index (χ3n) is 5.59.